The van der Waals surface area contributed by atoms with E-state index in [4.69, 9.17) is 9.47 Å². The molecule has 5 nitrogen and oxygen atoms in total. The topological polar surface area (TPSA) is 59.6 Å². The number of benzene rings is 2. The largest absolute Gasteiger partial charge is 0.493 e. The van der Waals surface area contributed by atoms with Gasteiger partial charge in [0.1, 0.15) is 11.5 Å². The molecule has 1 aliphatic rings. The van der Waals surface area contributed by atoms with Crippen molar-refractivity contribution in [2.45, 2.75) is 44.3 Å². The van der Waals surface area contributed by atoms with Crippen LogP contribution in [0.1, 0.15) is 41.6 Å². The molecule has 1 heterocycles. The van der Waals surface area contributed by atoms with Gasteiger partial charge < -0.3 is 20.1 Å². The number of hydrogen-bond acceptors (Lipinski definition) is 4. The fraction of sp³-hybridized carbons (Fsp3) is 0.458. The van der Waals surface area contributed by atoms with Crippen LogP contribution in [0, 0.1) is 0 Å². The number of carbonyl (C=O) groups excluding carboxylic acids is 1. The van der Waals surface area contributed by atoms with Crippen molar-refractivity contribution in [3.05, 3.63) is 59.7 Å². The number of hydrogen-bond donors (Lipinski definition) is 2. The second-order valence-electron chi connectivity index (χ2n) is 7.86. The summed E-state index contributed by atoms with van der Waals surface area (Å²) in [5.41, 5.74) is 1.35. The maximum atomic E-state index is 12.8. The molecule has 0 saturated carbocycles. The number of nitrogens with one attached hydrogen (secondary N) is 2. The lowest BCUT2D eigenvalue weighted by molar-refractivity contribution is -0.153. The van der Waals surface area contributed by atoms with E-state index in [1.54, 1.807) is 0 Å². The van der Waals surface area contributed by atoms with Gasteiger partial charge in [-0.3, -0.25) is 4.79 Å². The van der Waals surface area contributed by atoms with Crippen LogP contribution in [-0.4, -0.2) is 44.4 Å². The number of ether oxygens (including phenoxy) is 2. The van der Waals surface area contributed by atoms with Gasteiger partial charge in [-0.15, -0.1) is 0 Å². The minimum atomic E-state index is -4.46. The number of rotatable bonds is 10. The highest BCUT2D eigenvalue weighted by atomic mass is 19.4. The van der Waals surface area contributed by atoms with Crippen LogP contribution in [-0.2, 0) is 6.42 Å². The monoisotopic (exact) mass is 450 g/mol. The Morgan fingerprint density at radius 1 is 1.09 bits per heavy atom. The van der Waals surface area contributed by atoms with Crippen molar-refractivity contribution in [3.63, 3.8) is 0 Å². The van der Waals surface area contributed by atoms with Gasteiger partial charge >= 0.3 is 6.18 Å². The van der Waals surface area contributed by atoms with Crippen LogP contribution >= 0.6 is 0 Å². The van der Waals surface area contributed by atoms with Crippen molar-refractivity contribution < 1.29 is 27.4 Å². The summed E-state index contributed by atoms with van der Waals surface area (Å²) >= 11 is 0. The average Bonchev–Trinajstić information content (AvgIpc) is 2.80. The molecule has 0 aromatic heterocycles. The fourth-order valence-electron chi connectivity index (χ4n) is 3.58. The van der Waals surface area contributed by atoms with E-state index in [1.165, 1.54) is 23.8 Å². The van der Waals surface area contributed by atoms with E-state index < -0.39 is 18.7 Å². The van der Waals surface area contributed by atoms with E-state index in [-0.39, 0.29) is 17.4 Å². The van der Waals surface area contributed by atoms with E-state index in [2.05, 4.69) is 10.6 Å². The zero-order valence-electron chi connectivity index (χ0n) is 17.9. The maximum absolute atomic E-state index is 12.8. The summed E-state index contributed by atoms with van der Waals surface area (Å²) in [5.74, 6) is -0.0979. The number of alkyl halides is 3. The highest BCUT2D eigenvalue weighted by Gasteiger charge is 2.28. The summed E-state index contributed by atoms with van der Waals surface area (Å²) in [5, 5.41) is 6.22. The number of halogens is 3. The number of carbonyl (C=O) groups is 1. The second kappa shape index (κ2) is 11.8. The molecule has 0 bridgehead atoms. The third-order valence-corrected chi connectivity index (χ3v) is 5.23. The van der Waals surface area contributed by atoms with E-state index in [9.17, 15) is 18.0 Å². The molecule has 1 amide bonds. The molecule has 1 saturated heterocycles. The van der Waals surface area contributed by atoms with Crippen LogP contribution in [0.4, 0.5) is 13.2 Å². The molecule has 8 heteroatoms. The van der Waals surface area contributed by atoms with Crippen molar-refractivity contribution >= 4 is 5.91 Å². The van der Waals surface area contributed by atoms with Gasteiger partial charge in [0.15, 0.2) is 6.61 Å². The van der Waals surface area contributed by atoms with Crippen molar-refractivity contribution in [1.29, 1.82) is 0 Å². The number of aryl methyl sites for hydroxylation is 1. The minimum Gasteiger partial charge on any atom is -0.493 e. The Hall–Kier alpha value is -2.74. The summed E-state index contributed by atoms with van der Waals surface area (Å²) in [4.78, 5) is 12.8. The molecule has 1 atom stereocenters. The van der Waals surface area contributed by atoms with E-state index in [1.807, 2.05) is 30.3 Å². The summed E-state index contributed by atoms with van der Waals surface area (Å²) in [7, 11) is 0. The third-order valence-electron chi connectivity index (χ3n) is 5.23. The van der Waals surface area contributed by atoms with Crippen LogP contribution in [0.3, 0.4) is 0 Å². The van der Waals surface area contributed by atoms with Crippen LogP contribution in [0.15, 0.2) is 48.5 Å². The van der Waals surface area contributed by atoms with Crippen LogP contribution in [0.2, 0.25) is 0 Å². The quantitative estimate of drug-likeness (QED) is 0.523. The molecule has 1 fully saturated rings. The first-order valence-corrected chi connectivity index (χ1v) is 10.9. The Balaban J connectivity index is 1.62. The van der Waals surface area contributed by atoms with Gasteiger partial charge in [-0.2, -0.15) is 13.2 Å². The lowest BCUT2D eigenvalue weighted by Crippen LogP contribution is -2.43. The molecular weight excluding hydrogens is 421 g/mol. The van der Waals surface area contributed by atoms with Gasteiger partial charge in [0, 0.05) is 12.6 Å². The van der Waals surface area contributed by atoms with Crippen LogP contribution in [0.5, 0.6) is 11.5 Å². The first-order valence-electron chi connectivity index (χ1n) is 10.9. The Morgan fingerprint density at radius 2 is 1.91 bits per heavy atom. The molecule has 0 aliphatic carbocycles. The molecule has 0 radical (unpaired) electrons. The molecule has 1 unspecified atom stereocenters. The predicted molar refractivity (Wildman–Crippen MR) is 116 cm³/mol. The van der Waals surface area contributed by atoms with Crippen molar-refractivity contribution in [1.82, 2.24) is 10.6 Å². The Morgan fingerprint density at radius 3 is 2.62 bits per heavy atom. The standard InChI is InChI=1S/C24H29F3N2O3/c25-24(26,27)17-32-20-11-12-22(31-14-6-9-18-7-2-1-3-8-18)21(15-20)23(30)29-16-19-10-4-5-13-28-19/h1-3,7-8,11-12,15,19,28H,4-6,9-10,13-14,16-17H2,(H,29,30). The number of amides is 1. The summed E-state index contributed by atoms with van der Waals surface area (Å²) < 4.78 is 48.2. The lowest BCUT2D eigenvalue weighted by atomic mass is 10.0. The number of piperidine rings is 1. The van der Waals surface area contributed by atoms with E-state index in [0.717, 1.165) is 38.6 Å². The molecule has 2 aromatic carbocycles. The molecule has 1 aliphatic heterocycles. The molecule has 2 aromatic rings. The van der Waals surface area contributed by atoms with Crippen molar-refractivity contribution in [3.8, 4) is 11.5 Å². The van der Waals surface area contributed by atoms with E-state index in [0.29, 0.717) is 18.9 Å². The Labute approximate surface area is 186 Å². The smallest absolute Gasteiger partial charge is 0.422 e. The van der Waals surface area contributed by atoms with Gasteiger partial charge in [0.25, 0.3) is 5.91 Å². The Bertz CT molecular complexity index is 853. The first-order chi connectivity index (χ1) is 15.4. The van der Waals surface area contributed by atoms with Crippen molar-refractivity contribution in [2.24, 2.45) is 0 Å². The SMILES string of the molecule is O=C(NCC1CCCCN1)c1cc(OCC(F)(F)F)ccc1OCCCc1ccccc1. The lowest BCUT2D eigenvalue weighted by Gasteiger charge is -2.24. The second-order valence-corrected chi connectivity index (χ2v) is 7.86. The molecule has 0 spiro atoms. The van der Waals surface area contributed by atoms with Gasteiger partial charge in [0.05, 0.1) is 12.2 Å². The molecule has 32 heavy (non-hydrogen) atoms. The van der Waals surface area contributed by atoms with Crippen molar-refractivity contribution in [2.75, 3.05) is 26.3 Å². The minimum absolute atomic E-state index is 0.0279. The highest BCUT2D eigenvalue weighted by molar-refractivity contribution is 5.97. The van der Waals surface area contributed by atoms with Gasteiger partial charge in [-0.25, -0.2) is 0 Å². The van der Waals surface area contributed by atoms with Crippen LogP contribution in [0.25, 0.3) is 0 Å². The summed E-state index contributed by atoms with van der Waals surface area (Å²) in [6.45, 7) is 0.316. The molecular formula is C24H29F3N2O3. The predicted octanol–water partition coefficient (Wildman–Crippen LogP) is 4.51. The average molecular weight is 451 g/mol. The Kier molecular flexibility index (Phi) is 8.79. The van der Waals surface area contributed by atoms with Crippen LogP contribution < -0.4 is 20.1 Å². The highest BCUT2D eigenvalue weighted by Crippen LogP contribution is 2.26. The first kappa shape index (κ1) is 23.9. The van der Waals surface area contributed by atoms with Gasteiger partial charge in [-0.05, 0) is 56.0 Å². The summed E-state index contributed by atoms with van der Waals surface area (Å²) in [6, 6.07) is 14.3. The van der Waals surface area contributed by atoms with E-state index >= 15 is 0 Å². The maximum Gasteiger partial charge on any atom is 0.422 e. The zero-order valence-corrected chi connectivity index (χ0v) is 17.9. The molecule has 174 valence electrons. The molecule has 2 N–H and O–H groups in total. The summed E-state index contributed by atoms with van der Waals surface area (Å²) in [6.07, 6.45) is 0.291. The zero-order chi connectivity index (χ0) is 22.8. The third kappa shape index (κ3) is 8.07. The molecule has 3 rings (SSSR count). The van der Waals surface area contributed by atoms with Gasteiger partial charge in [0.2, 0.25) is 0 Å². The fourth-order valence-corrected chi connectivity index (χ4v) is 3.58. The normalized spacial score (nSPS) is 16.4. The van der Waals surface area contributed by atoms with Gasteiger partial charge in [-0.1, -0.05) is 36.8 Å².